The summed E-state index contributed by atoms with van der Waals surface area (Å²) in [5.74, 6) is 0.952. The summed E-state index contributed by atoms with van der Waals surface area (Å²) >= 11 is 1.76. The Bertz CT molecular complexity index is 416. The second-order valence-corrected chi connectivity index (χ2v) is 7.74. The molecular weight excluding hydrogens is 260 g/mol. The van der Waals surface area contributed by atoms with Gasteiger partial charge in [-0.2, -0.15) is 0 Å². The molecule has 2 amide bonds. The molecule has 0 spiro atoms. The SMILES string of the molecule is CCC1(NC(=O)[C@@H]2CS[C@]3(C)CCC(=O)N23)CCC1. The molecule has 2 aliphatic heterocycles. The largest absolute Gasteiger partial charge is 0.349 e. The van der Waals surface area contributed by atoms with Crippen LogP contribution in [0.4, 0.5) is 0 Å². The van der Waals surface area contributed by atoms with E-state index in [9.17, 15) is 9.59 Å². The molecule has 0 aromatic heterocycles. The number of carbonyl (C=O) groups excluding carboxylic acids is 2. The number of thioether (sulfide) groups is 1. The topological polar surface area (TPSA) is 49.4 Å². The van der Waals surface area contributed by atoms with Gasteiger partial charge >= 0.3 is 0 Å². The average molecular weight is 282 g/mol. The molecule has 3 rings (SSSR count). The third-order valence-electron chi connectivity index (χ3n) is 5.12. The van der Waals surface area contributed by atoms with Crippen LogP contribution in [0.2, 0.25) is 0 Å². The summed E-state index contributed by atoms with van der Waals surface area (Å²) in [6, 6.07) is -0.256. The minimum atomic E-state index is -0.256. The molecule has 3 fully saturated rings. The summed E-state index contributed by atoms with van der Waals surface area (Å²) in [5.41, 5.74) is 0.0174. The maximum absolute atomic E-state index is 12.5. The number of fused-ring (bicyclic) bond motifs is 1. The Kier molecular flexibility index (Phi) is 3.08. The quantitative estimate of drug-likeness (QED) is 0.860. The van der Waals surface area contributed by atoms with Crippen LogP contribution in [0.15, 0.2) is 0 Å². The highest BCUT2D eigenvalue weighted by Crippen LogP contribution is 2.47. The van der Waals surface area contributed by atoms with E-state index in [0.29, 0.717) is 6.42 Å². The number of nitrogens with zero attached hydrogens (tertiary/aromatic N) is 1. The molecule has 1 saturated carbocycles. The average Bonchev–Trinajstić information content (AvgIpc) is 2.82. The van der Waals surface area contributed by atoms with Gasteiger partial charge in [-0.1, -0.05) is 6.92 Å². The van der Waals surface area contributed by atoms with Gasteiger partial charge in [-0.3, -0.25) is 9.59 Å². The molecule has 0 unspecified atom stereocenters. The van der Waals surface area contributed by atoms with E-state index in [0.717, 1.165) is 31.4 Å². The summed E-state index contributed by atoms with van der Waals surface area (Å²) in [7, 11) is 0. The fraction of sp³-hybridized carbons (Fsp3) is 0.857. The number of hydrogen-bond acceptors (Lipinski definition) is 3. The molecule has 2 atom stereocenters. The van der Waals surface area contributed by atoms with Gasteiger partial charge in [-0.15, -0.1) is 11.8 Å². The molecule has 4 nitrogen and oxygen atoms in total. The van der Waals surface area contributed by atoms with Gasteiger partial charge < -0.3 is 10.2 Å². The highest BCUT2D eigenvalue weighted by atomic mass is 32.2. The molecule has 106 valence electrons. The summed E-state index contributed by atoms with van der Waals surface area (Å²) < 4.78 is 0. The lowest BCUT2D eigenvalue weighted by Gasteiger charge is -2.43. The summed E-state index contributed by atoms with van der Waals surface area (Å²) in [4.78, 5) is 26.3. The fourth-order valence-electron chi connectivity index (χ4n) is 3.53. The Morgan fingerprint density at radius 3 is 2.79 bits per heavy atom. The van der Waals surface area contributed by atoms with E-state index in [1.54, 1.807) is 11.8 Å². The van der Waals surface area contributed by atoms with Crippen LogP contribution in [0.5, 0.6) is 0 Å². The van der Waals surface area contributed by atoms with Gasteiger partial charge in [0.2, 0.25) is 11.8 Å². The van der Waals surface area contributed by atoms with Crippen LogP contribution in [0, 0.1) is 0 Å². The maximum atomic E-state index is 12.5. The van der Waals surface area contributed by atoms with Crippen molar-refractivity contribution in [1.29, 1.82) is 0 Å². The first kappa shape index (κ1) is 13.3. The molecule has 2 saturated heterocycles. The van der Waals surface area contributed by atoms with Crippen molar-refractivity contribution < 1.29 is 9.59 Å². The molecule has 3 aliphatic rings. The van der Waals surface area contributed by atoms with E-state index < -0.39 is 0 Å². The second-order valence-electron chi connectivity index (χ2n) is 6.24. The molecule has 0 aromatic carbocycles. The lowest BCUT2D eigenvalue weighted by Crippen LogP contribution is -2.59. The zero-order valence-electron chi connectivity index (χ0n) is 11.7. The van der Waals surface area contributed by atoms with Crippen molar-refractivity contribution in [3.05, 3.63) is 0 Å². The Balaban J connectivity index is 1.72. The Labute approximate surface area is 118 Å². The maximum Gasteiger partial charge on any atom is 0.244 e. The van der Waals surface area contributed by atoms with Crippen molar-refractivity contribution in [1.82, 2.24) is 10.2 Å². The zero-order chi connectivity index (χ0) is 13.7. The Morgan fingerprint density at radius 1 is 1.47 bits per heavy atom. The normalized spacial score (nSPS) is 36.0. The van der Waals surface area contributed by atoms with E-state index >= 15 is 0 Å². The van der Waals surface area contributed by atoms with Crippen molar-refractivity contribution in [3.63, 3.8) is 0 Å². The molecule has 19 heavy (non-hydrogen) atoms. The van der Waals surface area contributed by atoms with Crippen LogP contribution >= 0.6 is 11.8 Å². The van der Waals surface area contributed by atoms with E-state index in [1.165, 1.54) is 6.42 Å². The Morgan fingerprint density at radius 2 is 2.21 bits per heavy atom. The van der Waals surface area contributed by atoms with Gasteiger partial charge in [0.1, 0.15) is 6.04 Å². The Hall–Kier alpha value is -0.710. The zero-order valence-corrected chi connectivity index (χ0v) is 12.5. The molecular formula is C14H22N2O2S. The van der Waals surface area contributed by atoms with Gasteiger partial charge in [-0.05, 0) is 39.0 Å². The number of carbonyl (C=O) groups is 2. The lowest BCUT2D eigenvalue weighted by molar-refractivity contribution is -0.139. The number of hydrogen-bond donors (Lipinski definition) is 1. The lowest BCUT2D eigenvalue weighted by atomic mass is 9.74. The molecule has 0 bridgehead atoms. The molecule has 5 heteroatoms. The first-order valence-electron chi connectivity index (χ1n) is 7.28. The monoisotopic (exact) mass is 282 g/mol. The van der Waals surface area contributed by atoms with Gasteiger partial charge in [0, 0.05) is 17.7 Å². The van der Waals surface area contributed by atoms with Crippen LogP contribution in [0.25, 0.3) is 0 Å². The van der Waals surface area contributed by atoms with Crippen molar-refractivity contribution in [2.24, 2.45) is 0 Å². The van der Waals surface area contributed by atoms with Crippen LogP contribution < -0.4 is 5.32 Å². The van der Waals surface area contributed by atoms with E-state index in [1.807, 2.05) is 4.90 Å². The van der Waals surface area contributed by atoms with E-state index in [2.05, 4.69) is 19.2 Å². The smallest absolute Gasteiger partial charge is 0.244 e. The first-order valence-corrected chi connectivity index (χ1v) is 8.26. The number of amides is 2. The minimum absolute atomic E-state index is 0.0174. The van der Waals surface area contributed by atoms with Crippen LogP contribution in [-0.2, 0) is 9.59 Å². The van der Waals surface area contributed by atoms with Crippen molar-refractivity contribution in [3.8, 4) is 0 Å². The number of nitrogens with one attached hydrogen (secondary N) is 1. The van der Waals surface area contributed by atoms with Gasteiger partial charge in [-0.25, -0.2) is 0 Å². The predicted octanol–water partition coefficient (Wildman–Crippen LogP) is 1.89. The highest BCUT2D eigenvalue weighted by molar-refractivity contribution is 8.01. The second kappa shape index (κ2) is 4.40. The molecule has 1 aliphatic carbocycles. The third kappa shape index (κ3) is 1.97. The van der Waals surface area contributed by atoms with Crippen LogP contribution in [-0.4, -0.2) is 38.9 Å². The van der Waals surface area contributed by atoms with E-state index in [-0.39, 0.29) is 28.3 Å². The molecule has 0 aromatic rings. The first-order chi connectivity index (χ1) is 9.00. The van der Waals surface area contributed by atoms with Gasteiger partial charge in [0.05, 0.1) is 4.87 Å². The molecule has 1 N–H and O–H groups in total. The fourth-order valence-corrected chi connectivity index (χ4v) is 4.96. The standard InChI is InChI=1S/C14H22N2O2S/c1-3-14(6-4-7-14)15-12(18)10-9-19-13(2)8-5-11(17)16(10)13/h10H,3-9H2,1-2H3,(H,15,18)/t10-,13+/m0/s1. The van der Waals surface area contributed by atoms with Crippen molar-refractivity contribution in [2.45, 2.75) is 68.8 Å². The number of rotatable bonds is 3. The van der Waals surface area contributed by atoms with E-state index in [4.69, 9.17) is 0 Å². The summed E-state index contributed by atoms with van der Waals surface area (Å²) in [5, 5.41) is 3.23. The summed E-state index contributed by atoms with van der Waals surface area (Å²) in [6.45, 7) is 4.22. The predicted molar refractivity (Wildman–Crippen MR) is 75.7 cm³/mol. The van der Waals surface area contributed by atoms with Gasteiger partial charge in [0.25, 0.3) is 0 Å². The highest BCUT2D eigenvalue weighted by Gasteiger charge is 2.53. The summed E-state index contributed by atoms with van der Waals surface area (Å²) in [6.07, 6.45) is 5.82. The molecule has 0 radical (unpaired) electrons. The molecule has 2 heterocycles. The minimum Gasteiger partial charge on any atom is -0.349 e. The van der Waals surface area contributed by atoms with Gasteiger partial charge in [0.15, 0.2) is 0 Å². The van der Waals surface area contributed by atoms with Crippen molar-refractivity contribution in [2.75, 3.05) is 5.75 Å². The van der Waals surface area contributed by atoms with Crippen LogP contribution in [0.1, 0.15) is 52.4 Å². The van der Waals surface area contributed by atoms with Crippen LogP contribution in [0.3, 0.4) is 0 Å². The third-order valence-corrected chi connectivity index (χ3v) is 6.63. The van der Waals surface area contributed by atoms with Crippen molar-refractivity contribution >= 4 is 23.6 Å².